The van der Waals surface area contributed by atoms with Gasteiger partial charge in [0.25, 0.3) is 5.91 Å². The molecule has 1 aromatic heterocycles. The van der Waals surface area contributed by atoms with Crippen molar-refractivity contribution in [3.8, 4) is 0 Å². The van der Waals surface area contributed by atoms with Crippen molar-refractivity contribution in [2.24, 2.45) is 0 Å². The second-order valence-corrected chi connectivity index (χ2v) is 6.34. The van der Waals surface area contributed by atoms with E-state index in [1.807, 2.05) is 36.5 Å². The van der Waals surface area contributed by atoms with Gasteiger partial charge in [0.05, 0.1) is 19.3 Å². The second kappa shape index (κ2) is 8.78. The molecule has 1 amide bonds. The van der Waals surface area contributed by atoms with E-state index in [-0.39, 0.29) is 12.0 Å². The molecule has 2 heterocycles. The van der Waals surface area contributed by atoms with Crippen LogP contribution in [0, 0.1) is 0 Å². The molecular formula is C19H25N3O3. The number of nitrogens with one attached hydrogen (secondary N) is 1. The smallest absolute Gasteiger partial charge is 0.254 e. The molecule has 1 saturated heterocycles. The number of aromatic nitrogens is 2. The van der Waals surface area contributed by atoms with Crippen LogP contribution in [0.3, 0.4) is 0 Å². The molecule has 3 rings (SSSR count). The maximum atomic E-state index is 12.2. The number of carbonyl (C=O) groups excluding carboxylic acids is 1. The Morgan fingerprint density at radius 3 is 2.96 bits per heavy atom. The van der Waals surface area contributed by atoms with Crippen molar-refractivity contribution in [1.82, 2.24) is 9.78 Å². The van der Waals surface area contributed by atoms with Crippen molar-refractivity contribution in [3.05, 3.63) is 48.2 Å². The predicted molar refractivity (Wildman–Crippen MR) is 95.4 cm³/mol. The first kappa shape index (κ1) is 17.6. The van der Waals surface area contributed by atoms with E-state index in [0.717, 1.165) is 31.4 Å². The molecule has 1 aliphatic heterocycles. The summed E-state index contributed by atoms with van der Waals surface area (Å²) in [4.78, 5) is 12.2. The molecule has 2 unspecified atom stereocenters. The first-order chi connectivity index (χ1) is 12.2. The molecule has 2 atom stereocenters. The number of carbonyl (C=O) groups is 1. The SMILES string of the molecule is CC(OCC1CCCCO1)C(=O)Nc1ccn(Cc2ccccc2)n1. The minimum Gasteiger partial charge on any atom is -0.376 e. The molecule has 0 spiro atoms. The van der Waals surface area contributed by atoms with E-state index < -0.39 is 6.10 Å². The van der Waals surface area contributed by atoms with E-state index in [1.54, 1.807) is 17.7 Å². The van der Waals surface area contributed by atoms with Crippen LogP contribution in [0.4, 0.5) is 5.82 Å². The summed E-state index contributed by atoms with van der Waals surface area (Å²) in [6, 6.07) is 11.9. The van der Waals surface area contributed by atoms with Gasteiger partial charge in [0.2, 0.25) is 0 Å². The monoisotopic (exact) mass is 343 g/mol. The molecule has 0 aliphatic carbocycles. The highest BCUT2D eigenvalue weighted by atomic mass is 16.5. The molecule has 1 aliphatic rings. The summed E-state index contributed by atoms with van der Waals surface area (Å²) in [5, 5.41) is 7.18. The summed E-state index contributed by atoms with van der Waals surface area (Å²) < 4.78 is 13.1. The number of hydrogen-bond donors (Lipinski definition) is 1. The summed E-state index contributed by atoms with van der Waals surface area (Å²) in [6.45, 7) is 3.66. The van der Waals surface area contributed by atoms with Crippen molar-refractivity contribution in [2.45, 2.75) is 44.9 Å². The Labute approximate surface area is 148 Å². The summed E-state index contributed by atoms with van der Waals surface area (Å²) in [5.41, 5.74) is 1.16. The molecule has 0 radical (unpaired) electrons. The van der Waals surface area contributed by atoms with E-state index in [0.29, 0.717) is 19.0 Å². The van der Waals surface area contributed by atoms with Crippen molar-refractivity contribution in [3.63, 3.8) is 0 Å². The Kier molecular flexibility index (Phi) is 6.19. The fourth-order valence-electron chi connectivity index (χ4n) is 2.78. The van der Waals surface area contributed by atoms with Gasteiger partial charge in [-0.25, -0.2) is 0 Å². The van der Waals surface area contributed by atoms with E-state index in [4.69, 9.17) is 9.47 Å². The summed E-state index contributed by atoms with van der Waals surface area (Å²) in [6.07, 6.45) is 4.69. The van der Waals surface area contributed by atoms with Gasteiger partial charge in [-0.3, -0.25) is 9.48 Å². The van der Waals surface area contributed by atoms with Crippen LogP contribution in [-0.2, 0) is 20.8 Å². The number of benzene rings is 1. The quantitative estimate of drug-likeness (QED) is 0.839. The van der Waals surface area contributed by atoms with Gasteiger partial charge in [0, 0.05) is 18.9 Å². The summed E-state index contributed by atoms with van der Waals surface area (Å²) in [5.74, 6) is 0.339. The van der Waals surface area contributed by atoms with Crippen LogP contribution in [0.25, 0.3) is 0 Å². The zero-order chi connectivity index (χ0) is 17.5. The zero-order valence-corrected chi connectivity index (χ0v) is 14.6. The van der Waals surface area contributed by atoms with E-state index >= 15 is 0 Å². The molecule has 0 saturated carbocycles. The number of hydrogen-bond acceptors (Lipinski definition) is 4. The first-order valence-electron chi connectivity index (χ1n) is 8.82. The molecule has 6 heteroatoms. The molecule has 25 heavy (non-hydrogen) atoms. The third kappa shape index (κ3) is 5.41. The number of amides is 1. The van der Waals surface area contributed by atoms with Crippen LogP contribution in [0.5, 0.6) is 0 Å². The molecule has 1 aromatic carbocycles. The maximum absolute atomic E-state index is 12.2. The van der Waals surface area contributed by atoms with Gasteiger partial charge in [0.15, 0.2) is 5.82 Å². The Hall–Kier alpha value is -2.18. The molecule has 1 N–H and O–H groups in total. The standard InChI is InChI=1S/C19H25N3O3/c1-15(25-14-17-9-5-6-12-24-17)19(23)20-18-10-11-22(21-18)13-16-7-3-2-4-8-16/h2-4,7-8,10-11,15,17H,5-6,9,12-14H2,1H3,(H,20,21,23). The van der Waals surface area contributed by atoms with Crippen LogP contribution in [0.2, 0.25) is 0 Å². The van der Waals surface area contributed by atoms with Gasteiger partial charge in [-0.2, -0.15) is 5.10 Å². The highest BCUT2D eigenvalue weighted by Gasteiger charge is 2.19. The van der Waals surface area contributed by atoms with E-state index in [1.165, 1.54) is 0 Å². The average Bonchev–Trinajstić information content (AvgIpc) is 3.08. The third-order valence-electron chi connectivity index (χ3n) is 4.25. The Morgan fingerprint density at radius 1 is 1.36 bits per heavy atom. The van der Waals surface area contributed by atoms with Gasteiger partial charge < -0.3 is 14.8 Å². The van der Waals surface area contributed by atoms with Crippen molar-refractivity contribution >= 4 is 11.7 Å². The van der Waals surface area contributed by atoms with Gasteiger partial charge in [0.1, 0.15) is 6.10 Å². The lowest BCUT2D eigenvalue weighted by Crippen LogP contribution is -2.32. The number of nitrogens with zero attached hydrogens (tertiary/aromatic N) is 2. The van der Waals surface area contributed by atoms with Crippen LogP contribution in [0.15, 0.2) is 42.6 Å². The summed E-state index contributed by atoms with van der Waals surface area (Å²) in [7, 11) is 0. The van der Waals surface area contributed by atoms with Crippen LogP contribution < -0.4 is 5.32 Å². The van der Waals surface area contributed by atoms with Crippen molar-refractivity contribution < 1.29 is 14.3 Å². The van der Waals surface area contributed by atoms with E-state index in [2.05, 4.69) is 10.4 Å². The Balaban J connectivity index is 1.45. The topological polar surface area (TPSA) is 65.4 Å². The Bertz CT molecular complexity index is 666. The third-order valence-corrected chi connectivity index (χ3v) is 4.25. The number of ether oxygens (including phenoxy) is 2. The van der Waals surface area contributed by atoms with Gasteiger partial charge >= 0.3 is 0 Å². The van der Waals surface area contributed by atoms with Crippen LogP contribution in [0.1, 0.15) is 31.7 Å². The fraction of sp³-hybridized carbons (Fsp3) is 0.474. The fourth-order valence-corrected chi connectivity index (χ4v) is 2.78. The highest BCUT2D eigenvalue weighted by molar-refractivity contribution is 5.92. The molecular weight excluding hydrogens is 318 g/mol. The average molecular weight is 343 g/mol. The minimum absolute atomic E-state index is 0.106. The largest absolute Gasteiger partial charge is 0.376 e. The molecule has 6 nitrogen and oxygen atoms in total. The highest BCUT2D eigenvalue weighted by Crippen LogP contribution is 2.14. The normalized spacial score (nSPS) is 18.7. The zero-order valence-electron chi connectivity index (χ0n) is 14.6. The maximum Gasteiger partial charge on any atom is 0.254 e. The molecule has 134 valence electrons. The number of rotatable bonds is 7. The van der Waals surface area contributed by atoms with Gasteiger partial charge in [-0.05, 0) is 31.7 Å². The van der Waals surface area contributed by atoms with Crippen molar-refractivity contribution in [1.29, 1.82) is 0 Å². The minimum atomic E-state index is -0.537. The van der Waals surface area contributed by atoms with Crippen LogP contribution in [-0.4, -0.2) is 41.1 Å². The van der Waals surface area contributed by atoms with Gasteiger partial charge in [-0.1, -0.05) is 30.3 Å². The predicted octanol–water partition coefficient (Wildman–Crippen LogP) is 2.84. The first-order valence-corrected chi connectivity index (χ1v) is 8.82. The second-order valence-electron chi connectivity index (χ2n) is 6.34. The van der Waals surface area contributed by atoms with Crippen LogP contribution >= 0.6 is 0 Å². The lowest BCUT2D eigenvalue weighted by molar-refractivity contribution is -0.130. The lowest BCUT2D eigenvalue weighted by Gasteiger charge is -2.23. The van der Waals surface area contributed by atoms with E-state index in [9.17, 15) is 4.79 Å². The Morgan fingerprint density at radius 2 is 2.20 bits per heavy atom. The summed E-state index contributed by atoms with van der Waals surface area (Å²) >= 11 is 0. The molecule has 2 aromatic rings. The molecule has 0 bridgehead atoms. The van der Waals surface area contributed by atoms with Crippen molar-refractivity contribution in [2.75, 3.05) is 18.5 Å². The van der Waals surface area contributed by atoms with Gasteiger partial charge in [-0.15, -0.1) is 0 Å². The lowest BCUT2D eigenvalue weighted by atomic mass is 10.1. The molecule has 1 fully saturated rings. The number of anilines is 1.